The molecule has 0 radical (unpaired) electrons. The van der Waals surface area contributed by atoms with E-state index >= 15 is 0 Å². The minimum Gasteiger partial charge on any atom is -0.481 e. The topological polar surface area (TPSA) is 96.3 Å². The normalized spacial score (nSPS) is 20.9. The number of aliphatic carboxylic acids is 1. The molecule has 1 N–H and O–H groups in total. The first-order valence-corrected chi connectivity index (χ1v) is 7.28. The Hall–Kier alpha value is -2.41. The predicted molar refractivity (Wildman–Crippen MR) is 82.7 cm³/mol. The minimum atomic E-state index is -1.20. The monoisotopic (exact) mass is 338 g/mol. The lowest BCUT2D eigenvalue weighted by atomic mass is 9.87. The van der Waals surface area contributed by atoms with E-state index in [9.17, 15) is 19.5 Å². The average Bonchev–Trinajstić information content (AvgIpc) is 2.46. The molecular formula is C15H15ClN2O5. The number of urea groups is 1. The van der Waals surface area contributed by atoms with Gasteiger partial charge in [0.15, 0.2) is 0 Å². The Kier molecular flexibility index (Phi) is 5.00. The molecule has 0 aromatic heterocycles. The summed E-state index contributed by atoms with van der Waals surface area (Å²) < 4.78 is 4.87. The Morgan fingerprint density at radius 3 is 2.70 bits per heavy atom. The Bertz CT molecular complexity index is 688. The number of aliphatic imine (C=N–C) groups is 1. The Morgan fingerprint density at radius 2 is 2.13 bits per heavy atom. The highest BCUT2D eigenvalue weighted by Crippen LogP contribution is 2.35. The number of ether oxygens (including phenoxy) is 1. The Labute approximate surface area is 137 Å². The number of hydrogen-bond donors (Lipinski definition) is 1. The molecule has 1 aliphatic rings. The summed E-state index contributed by atoms with van der Waals surface area (Å²) in [4.78, 5) is 40.4. The molecule has 23 heavy (non-hydrogen) atoms. The number of imide groups is 1. The summed E-state index contributed by atoms with van der Waals surface area (Å²) >= 11 is 5.96. The van der Waals surface area contributed by atoms with Gasteiger partial charge in [-0.1, -0.05) is 23.7 Å². The van der Waals surface area contributed by atoms with Gasteiger partial charge < -0.3 is 9.84 Å². The number of carbonyl (C=O) groups excluding carboxylic acids is 2. The second kappa shape index (κ2) is 6.78. The minimum absolute atomic E-state index is 0.0469. The van der Waals surface area contributed by atoms with Crippen molar-refractivity contribution in [1.29, 1.82) is 0 Å². The highest BCUT2D eigenvalue weighted by molar-refractivity contribution is 6.30. The summed E-state index contributed by atoms with van der Waals surface area (Å²) in [6, 6.07) is 4.41. The molecule has 1 aromatic carbocycles. The number of halogens is 1. The maximum atomic E-state index is 12.2. The molecule has 0 saturated heterocycles. The molecule has 0 saturated carbocycles. The van der Waals surface area contributed by atoms with E-state index in [1.165, 1.54) is 13.0 Å². The number of benzene rings is 1. The van der Waals surface area contributed by atoms with Gasteiger partial charge in [-0.05, 0) is 31.5 Å². The Morgan fingerprint density at radius 1 is 1.43 bits per heavy atom. The van der Waals surface area contributed by atoms with Gasteiger partial charge in [-0.2, -0.15) is 0 Å². The molecule has 0 aliphatic carbocycles. The lowest BCUT2D eigenvalue weighted by Gasteiger charge is -2.35. The van der Waals surface area contributed by atoms with E-state index in [-0.39, 0.29) is 12.3 Å². The maximum absolute atomic E-state index is 12.2. The van der Waals surface area contributed by atoms with Crippen LogP contribution in [-0.4, -0.2) is 40.4 Å². The van der Waals surface area contributed by atoms with E-state index in [1.807, 2.05) is 0 Å². The van der Waals surface area contributed by atoms with E-state index in [0.29, 0.717) is 10.6 Å². The zero-order valence-corrected chi connectivity index (χ0v) is 13.3. The fourth-order valence-corrected chi connectivity index (χ4v) is 2.70. The van der Waals surface area contributed by atoms with E-state index in [4.69, 9.17) is 16.3 Å². The van der Waals surface area contributed by atoms with Crippen LogP contribution in [0, 0.1) is 5.92 Å². The maximum Gasteiger partial charge on any atom is 0.418 e. The van der Waals surface area contributed by atoms with Crippen LogP contribution in [0.15, 0.2) is 29.3 Å². The van der Waals surface area contributed by atoms with Crippen molar-refractivity contribution in [3.63, 3.8) is 0 Å². The highest BCUT2D eigenvalue weighted by Gasteiger charge is 2.45. The summed E-state index contributed by atoms with van der Waals surface area (Å²) in [6.45, 7) is 3.08. The van der Waals surface area contributed by atoms with Crippen LogP contribution in [0.5, 0.6) is 0 Å². The van der Waals surface area contributed by atoms with Gasteiger partial charge in [-0.3, -0.25) is 4.79 Å². The number of carbonyl (C=O) groups is 3. The summed E-state index contributed by atoms with van der Waals surface area (Å²) in [5.41, 5.74) is 0.536. The summed E-state index contributed by atoms with van der Waals surface area (Å²) in [5.74, 6) is -2.37. The zero-order valence-electron chi connectivity index (χ0n) is 12.5. The standard InChI is InChI=1S/C15H15ClN2O5/c1-3-23-15(22)18-12(9-5-4-6-10(16)7-9)11(13(19)20)8(2)17-14(18)21/h4-7,11-12H,3H2,1-2H3,(H,19,20). The first-order valence-electron chi connectivity index (χ1n) is 6.90. The SMILES string of the molecule is CCOC(=O)N1C(=O)N=C(C)C(C(=O)O)C1c1cccc(Cl)c1. The molecule has 8 heteroatoms. The van der Waals surface area contributed by atoms with Crippen LogP contribution in [0.25, 0.3) is 0 Å². The van der Waals surface area contributed by atoms with Crippen LogP contribution >= 0.6 is 11.6 Å². The smallest absolute Gasteiger partial charge is 0.418 e. The summed E-state index contributed by atoms with van der Waals surface area (Å²) in [7, 11) is 0. The van der Waals surface area contributed by atoms with Gasteiger partial charge in [0.05, 0.1) is 12.6 Å². The van der Waals surface area contributed by atoms with Crippen molar-refractivity contribution < 1.29 is 24.2 Å². The van der Waals surface area contributed by atoms with Gasteiger partial charge in [-0.15, -0.1) is 0 Å². The van der Waals surface area contributed by atoms with Gasteiger partial charge in [0, 0.05) is 10.7 Å². The first-order chi connectivity index (χ1) is 10.9. The van der Waals surface area contributed by atoms with Gasteiger partial charge in [0.1, 0.15) is 5.92 Å². The zero-order chi connectivity index (χ0) is 17.1. The number of carboxylic acids is 1. The van der Waals surface area contributed by atoms with Crippen molar-refractivity contribution in [1.82, 2.24) is 4.90 Å². The second-order valence-electron chi connectivity index (χ2n) is 4.92. The average molecular weight is 339 g/mol. The molecule has 0 spiro atoms. The number of hydrogen-bond acceptors (Lipinski definition) is 4. The molecule has 2 rings (SSSR count). The molecule has 3 amide bonds. The van der Waals surface area contributed by atoms with Crippen molar-refractivity contribution in [2.24, 2.45) is 10.9 Å². The fourth-order valence-electron chi connectivity index (χ4n) is 2.50. The van der Waals surface area contributed by atoms with Crippen molar-refractivity contribution >= 4 is 35.4 Å². The van der Waals surface area contributed by atoms with Gasteiger partial charge in [0.25, 0.3) is 0 Å². The summed E-state index contributed by atoms with van der Waals surface area (Å²) in [6.07, 6.45) is -0.940. The molecule has 2 unspecified atom stereocenters. The quantitative estimate of drug-likeness (QED) is 0.913. The predicted octanol–water partition coefficient (Wildman–Crippen LogP) is 3.13. The third kappa shape index (κ3) is 3.34. The third-order valence-corrected chi connectivity index (χ3v) is 3.68. The number of amides is 3. The molecule has 2 atom stereocenters. The van der Waals surface area contributed by atoms with Gasteiger partial charge in [-0.25, -0.2) is 19.5 Å². The van der Waals surface area contributed by atoms with Crippen LogP contribution in [0.2, 0.25) is 5.02 Å². The van der Waals surface area contributed by atoms with Crippen molar-refractivity contribution in [2.45, 2.75) is 19.9 Å². The molecule has 7 nitrogen and oxygen atoms in total. The lowest BCUT2D eigenvalue weighted by Crippen LogP contribution is -2.49. The van der Waals surface area contributed by atoms with Crippen LogP contribution < -0.4 is 0 Å². The van der Waals surface area contributed by atoms with Gasteiger partial charge >= 0.3 is 18.1 Å². The first kappa shape index (κ1) is 17.0. The largest absolute Gasteiger partial charge is 0.481 e. The van der Waals surface area contributed by atoms with Crippen molar-refractivity contribution in [3.05, 3.63) is 34.9 Å². The molecule has 122 valence electrons. The van der Waals surface area contributed by atoms with Crippen LogP contribution in [0.1, 0.15) is 25.5 Å². The molecule has 0 fully saturated rings. The Balaban J connectivity index is 2.60. The highest BCUT2D eigenvalue weighted by atomic mass is 35.5. The van der Waals surface area contributed by atoms with E-state index in [2.05, 4.69) is 4.99 Å². The van der Waals surface area contributed by atoms with Crippen molar-refractivity contribution in [2.75, 3.05) is 6.61 Å². The third-order valence-electron chi connectivity index (χ3n) is 3.44. The molecule has 0 bridgehead atoms. The molecule has 1 aliphatic heterocycles. The van der Waals surface area contributed by atoms with Gasteiger partial charge in [0.2, 0.25) is 0 Å². The van der Waals surface area contributed by atoms with E-state index in [0.717, 1.165) is 4.90 Å². The van der Waals surface area contributed by atoms with Crippen LogP contribution in [0.3, 0.4) is 0 Å². The van der Waals surface area contributed by atoms with E-state index in [1.54, 1.807) is 25.1 Å². The number of carboxylic acid groups (broad SMARTS) is 1. The second-order valence-corrected chi connectivity index (χ2v) is 5.36. The van der Waals surface area contributed by atoms with E-state index < -0.39 is 30.1 Å². The molecule has 1 aromatic rings. The number of nitrogens with zero attached hydrogens (tertiary/aromatic N) is 2. The number of rotatable bonds is 3. The molecular weight excluding hydrogens is 324 g/mol. The van der Waals surface area contributed by atoms with Crippen LogP contribution in [0.4, 0.5) is 9.59 Å². The fraction of sp³-hybridized carbons (Fsp3) is 0.333. The lowest BCUT2D eigenvalue weighted by molar-refractivity contribution is -0.141. The van der Waals surface area contributed by atoms with Crippen LogP contribution in [-0.2, 0) is 9.53 Å². The van der Waals surface area contributed by atoms with Crippen molar-refractivity contribution in [3.8, 4) is 0 Å². The molecule has 1 heterocycles. The summed E-state index contributed by atoms with van der Waals surface area (Å²) in [5, 5.41) is 9.89.